The summed E-state index contributed by atoms with van der Waals surface area (Å²) < 4.78 is 0. The van der Waals surface area contributed by atoms with Crippen molar-refractivity contribution in [2.24, 2.45) is 11.8 Å². The van der Waals surface area contributed by atoms with E-state index in [0.29, 0.717) is 11.8 Å². The third kappa shape index (κ3) is 8.83. The van der Waals surface area contributed by atoms with Crippen molar-refractivity contribution in [3.63, 3.8) is 0 Å². The molecule has 3 heteroatoms. The summed E-state index contributed by atoms with van der Waals surface area (Å²) in [7, 11) is 0. The van der Waals surface area contributed by atoms with Gasteiger partial charge in [-0.15, -0.1) is 0 Å². The fourth-order valence-electron chi connectivity index (χ4n) is 6.07. The first-order chi connectivity index (χ1) is 22.1. The van der Waals surface area contributed by atoms with Gasteiger partial charge in [0.25, 0.3) is 0 Å². The van der Waals surface area contributed by atoms with E-state index in [-0.39, 0.29) is 20.1 Å². The van der Waals surface area contributed by atoms with Gasteiger partial charge in [0.2, 0.25) is 0 Å². The molecule has 2 heterocycles. The maximum Gasteiger partial charge on any atom is 2.00 e. The van der Waals surface area contributed by atoms with Crippen molar-refractivity contribution >= 4 is 21.8 Å². The van der Waals surface area contributed by atoms with Crippen LogP contribution < -0.4 is 0 Å². The van der Waals surface area contributed by atoms with Crippen LogP contribution in [0, 0.1) is 39.5 Å². The summed E-state index contributed by atoms with van der Waals surface area (Å²) in [6, 6.07) is 34.6. The fourth-order valence-corrected chi connectivity index (χ4v) is 6.07. The van der Waals surface area contributed by atoms with Crippen molar-refractivity contribution in [1.82, 2.24) is 9.97 Å². The summed E-state index contributed by atoms with van der Waals surface area (Å²) in [4.78, 5) is 10.1. The second kappa shape index (κ2) is 16.4. The van der Waals surface area contributed by atoms with Crippen LogP contribution >= 0.6 is 0 Å². The molecule has 0 amide bonds. The second-order valence-corrected chi connectivity index (χ2v) is 13.7. The molecule has 2 aromatic heterocycles. The summed E-state index contributed by atoms with van der Waals surface area (Å²) in [5.41, 5.74) is 15.1. The van der Waals surface area contributed by atoms with Gasteiger partial charge < -0.3 is 0 Å². The van der Waals surface area contributed by atoms with Gasteiger partial charge in [0.1, 0.15) is 0 Å². The summed E-state index contributed by atoms with van der Waals surface area (Å²) >= 11 is 0. The molecule has 0 saturated heterocycles. The first kappa shape index (κ1) is 36.2. The molecular weight excluding hydrogens is 749 g/mol. The molecular formula is C44H50IrN2+2. The molecule has 0 fully saturated rings. The van der Waals surface area contributed by atoms with Gasteiger partial charge in [-0.25, -0.2) is 9.97 Å². The topological polar surface area (TPSA) is 25.8 Å². The van der Waals surface area contributed by atoms with Crippen LogP contribution in [0.25, 0.3) is 44.3 Å². The average molecular weight is 799 g/mol. The van der Waals surface area contributed by atoms with Crippen molar-refractivity contribution in [3.05, 3.63) is 130 Å². The molecule has 6 rings (SSSR count). The number of nitrogens with zero attached hydrogens (tertiary/aromatic N) is 2. The Hall–Kier alpha value is -3.65. The Morgan fingerprint density at radius 3 is 1.26 bits per heavy atom. The number of hydrogen-bond donors (Lipinski definition) is 0. The number of benzene rings is 4. The Morgan fingerprint density at radius 1 is 0.489 bits per heavy atom. The van der Waals surface area contributed by atoms with E-state index in [0.717, 1.165) is 35.3 Å². The van der Waals surface area contributed by atoms with Crippen molar-refractivity contribution in [2.75, 3.05) is 0 Å². The van der Waals surface area contributed by atoms with Crippen LogP contribution in [0.1, 0.15) is 73.9 Å². The predicted octanol–water partition coefficient (Wildman–Crippen LogP) is 12.2. The number of rotatable bonds is 8. The molecule has 47 heavy (non-hydrogen) atoms. The van der Waals surface area contributed by atoms with Crippen LogP contribution in [-0.2, 0) is 32.9 Å². The first-order valence-electron chi connectivity index (χ1n) is 17.0. The molecule has 2 nitrogen and oxygen atoms in total. The standard InChI is InChI=1S/2C22H25N.Ir/c2*1-15(2)12-13-19-14-18-9-5-6-11-21(18)23-22(19)20-10-7-8-16(3)17(20)4;/h2*5-11,14-15H,12-13H2,1-4H3;/q;;+2. The molecule has 1 radical (unpaired) electrons. The van der Waals surface area contributed by atoms with E-state index in [4.69, 9.17) is 9.97 Å². The Kier molecular flexibility index (Phi) is 12.7. The number of para-hydroxylation sites is 2. The van der Waals surface area contributed by atoms with Crippen molar-refractivity contribution in [1.29, 1.82) is 0 Å². The smallest absolute Gasteiger partial charge is 0.247 e. The molecule has 0 aliphatic carbocycles. The Labute approximate surface area is 296 Å². The van der Waals surface area contributed by atoms with E-state index in [2.05, 4.69) is 152 Å². The predicted molar refractivity (Wildman–Crippen MR) is 200 cm³/mol. The largest absolute Gasteiger partial charge is 2.00 e. The van der Waals surface area contributed by atoms with Gasteiger partial charge in [0.15, 0.2) is 0 Å². The molecule has 0 spiro atoms. The molecule has 0 saturated carbocycles. The van der Waals surface area contributed by atoms with Crippen molar-refractivity contribution < 1.29 is 20.1 Å². The van der Waals surface area contributed by atoms with E-state index in [1.165, 1.54) is 68.1 Å². The Bertz CT molecular complexity index is 1810. The van der Waals surface area contributed by atoms with Crippen molar-refractivity contribution in [3.8, 4) is 22.5 Å². The summed E-state index contributed by atoms with van der Waals surface area (Å²) in [5.74, 6) is 1.40. The third-order valence-electron chi connectivity index (χ3n) is 9.31. The molecule has 243 valence electrons. The zero-order chi connectivity index (χ0) is 32.8. The fraction of sp³-hybridized carbons (Fsp3) is 0.318. The van der Waals surface area contributed by atoms with Gasteiger partial charge in [0.05, 0.1) is 22.4 Å². The van der Waals surface area contributed by atoms with E-state index in [1.54, 1.807) is 0 Å². The molecule has 0 atom stereocenters. The molecule has 0 N–H and O–H groups in total. The molecule has 6 aromatic rings. The van der Waals surface area contributed by atoms with Gasteiger partial charge in [-0.3, -0.25) is 0 Å². The van der Waals surface area contributed by atoms with Crippen molar-refractivity contribution in [2.45, 2.75) is 81.1 Å². The first-order valence-corrected chi connectivity index (χ1v) is 17.0. The van der Waals surface area contributed by atoms with E-state index >= 15 is 0 Å². The van der Waals surface area contributed by atoms with E-state index in [9.17, 15) is 0 Å². The molecule has 4 aromatic carbocycles. The van der Waals surface area contributed by atoms with Crippen LogP contribution in [0.3, 0.4) is 0 Å². The molecule has 0 unspecified atom stereocenters. The monoisotopic (exact) mass is 799 g/mol. The maximum atomic E-state index is 5.03. The molecule has 0 aliphatic rings. The van der Waals surface area contributed by atoms with Gasteiger partial charge >= 0.3 is 20.1 Å². The quantitative estimate of drug-likeness (QED) is 0.153. The number of hydrogen-bond acceptors (Lipinski definition) is 2. The SMILES string of the molecule is Cc1cccc(-c2nc3ccccc3cc2CCC(C)C)c1C.Cc1cccc(-c2nc3ccccc3cc2CCC(C)C)c1C.[Ir+2]. The van der Waals surface area contributed by atoms with E-state index < -0.39 is 0 Å². The number of pyridine rings is 2. The Balaban J connectivity index is 0.000000208. The van der Waals surface area contributed by atoms with Crippen LogP contribution in [0.2, 0.25) is 0 Å². The zero-order valence-corrected chi connectivity index (χ0v) is 31.8. The summed E-state index contributed by atoms with van der Waals surface area (Å²) in [6.45, 7) is 17.9. The van der Waals surface area contributed by atoms with Crippen LogP contribution in [0.15, 0.2) is 97.1 Å². The zero-order valence-electron chi connectivity index (χ0n) is 29.4. The Morgan fingerprint density at radius 2 is 0.872 bits per heavy atom. The molecule has 0 bridgehead atoms. The second-order valence-electron chi connectivity index (χ2n) is 13.7. The van der Waals surface area contributed by atoms with Gasteiger partial charge in [-0.2, -0.15) is 0 Å². The number of aryl methyl sites for hydroxylation is 4. The van der Waals surface area contributed by atoms with Crippen LogP contribution in [0.5, 0.6) is 0 Å². The minimum absolute atomic E-state index is 0. The average Bonchev–Trinajstić information content (AvgIpc) is 3.05. The minimum Gasteiger partial charge on any atom is -0.247 e. The normalized spacial score (nSPS) is 11.1. The van der Waals surface area contributed by atoms with Crippen LogP contribution in [0.4, 0.5) is 0 Å². The number of aromatic nitrogens is 2. The van der Waals surface area contributed by atoms with Gasteiger partial charge in [-0.1, -0.05) is 100 Å². The summed E-state index contributed by atoms with van der Waals surface area (Å²) in [6.07, 6.45) is 4.55. The van der Waals surface area contributed by atoms with E-state index in [1.807, 2.05) is 0 Å². The molecule has 0 aliphatic heterocycles. The van der Waals surface area contributed by atoms with Gasteiger partial charge in [-0.05, 0) is 123 Å². The minimum atomic E-state index is 0. The summed E-state index contributed by atoms with van der Waals surface area (Å²) in [5, 5.41) is 2.47. The maximum absolute atomic E-state index is 5.03. The van der Waals surface area contributed by atoms with Gasteiger partial charge in [0, 0.05) is 21.9 Å². The number of fused-ring (bicyclic) bond motifs is 2. The third-order valence-corrected chi connectivity index (χ3v) is 9.31. The van der Waals surface area contributed by atoms with Crippen LogP contribution in [-0.4, -0.2) is 9.97 Å².